The number of nitrogens with two attached hydrogens (primary N) is 1. The molecule has 0 spiro atoms. The summed E-state index contributed by atoms with van der Waals surface area (Å²) < 4.78 is 10.7. The molecule has 0 aliphatic rings. The molecular weight excluding hydrogens is 204 g/mol. The van der Waals surface area contributed by atoms with Gasteiger partial charge in [-0.3, -0.25) is 0 Å². The molecule has 0 saturated heterocycles. The number of benzene rings is 1. The van der Waals surface area contributed by atoms with Gasteiger partial charge < -0.3 is 15.0 Å². The van der Waals surface area contributed by atoms with Crippen LogP contribution in [0.2, 0.25) is 0 Å². The molecule has 2 rings (SSSR count). The summed E-state index contributed by atoms with van der Waals surface area (Å²) >= 11 is 0. The van der Waals surface area contributed by atoms with Crippen molar-refractivity contribution in [3.8, 4) is 5.88 Å². The minimum atomic E-state index is 0.00969. The SMILES string of the molecule is CC(C)C(N)COc1noc2ccccc12. The van der Waals surface area contributed by atoms with E-state index in [1.54, 1.807) is 0 Å². The molecule has 16 heavy (non-hydrogen) atoms. The maximum absolute atomic E-state index is 5.89. The molecule has 0 aliphatic carbocycles. The van der Waals surface area contributed by atoms with Gasteiger partial charge in [-0.25, -0.2) is 0 Å². The lowest BCUT2D eigenvalue weighted by Crippen LogP contribution is -2.33. The average molecular weight is 220 g/mol. The third-order valence-corrected chi connectivity index (χ3v) is 2.61. The Bertz CT molecular complexity index is 465. The summed E-state index contributed by atoms with van der Waals surface area (Å²) in [5.74, 6) is 0.907. The van der Waals surface area contributed by atoms with Crippen LogP contribution in [-0.2, 0) is 0 Å². The van der Waals surface area contributed by atoms with Crippen molar-refractivity contribution < 1.29 is 9.26 Å². The molecule has 2 N–H and O–H groups in total. The van der Waals surface area contributed by atoms with Crippen LogP contribution < -0.4 is 10.5 Å². The Morgan fingerprint density at radius 3 is 2.88 bits per heavy atom. The molecule has 0 fully saturated rings. The van der Waals surface area contributed by atoms with Crippen LogP contribution in [0.15, 0.2) is 28.8 Å². The molecule has 4 heteroatoms. The van der Waals surface area contributed by atoms with Crippen LogP contribution in [-0.4, -0.2) is 17.8 Å². The largest absolute Gasteiger partial charge is 0.473 e. The van der Waals surface area contributed by atoms with Crippen molar-refractivity contribution in [2.24, 2.45) is 11.7 Å². The summed E-state index contributed by atoms with van der Waals surface area (Å²) in [7, 11) is 0. The number of nitrogens with zero attached hydrogens (tertiary/aromatic N) is 1. The molecule has 0 saturated carbocycles. The molecule has 2 aromatic rings. The molecule has 0 radical (unpaired) electrons. The van der Waals surface area contributed by atoms with Gasteiger partial charge in [0.15, 0.2) is 5.58 Å². The third kappa shape index (κ3) is 2.17. The highest BCUT2D eigenvalue weighted by Crippen LogP contribution is 2.24. The topological polar surface area (TPSA) is 61.3 Å². The van der Waals surface area contributed by atoms with E-state index in [4.69, 9.17) is 15.0 Å². The zero-order valence-electron chi connectivity index (χ0n) is 9.51. The van der Waals surface area contributed by atoms with E-state index in [1.165, 1.54) is 0 Å². The Hall–Kier alpha value is -1.55. The Labute approximate surface area is 94.4 Å². The molecule has 1 aromatic heterocycles. The van der Waals surface area contributed by atoms with Crippen LogP contribution >= 0.6 is 0 Å². The molecule has 0 aliphatic heterocycles. The molecule has 1 atom stereocenters. The zero-order chi connectivity index (χ0) is 11.5. The first-order valence-electron chi connectivity index (χ1n) is 5.41. The maximum Gasteiger partial charge on any atom is 0.262 e. The number of fused-ring (bicyclic) bond motifs is 1. The minimum absolute atomic E-state index is 0.00969. The second-order valence-corrected chi connectivity index (χ2v) is 4.20. The van der Waals surface area contributed by atoms with Crippen LogP contribution in [0.25, 0.3) is 11.0 Å². The first-order chi connectivity index (χ1) is 7.68. The highest BCUT2D eigenvalue weighted by Gasteiger charge is 2.12. The first kappa shape index (κ1) is 11.0. The smallest absolute Gasteiger partial charge is 0.262 e. The number of hydrogen-bond acceptors (Lipinski definition) is 4. The van der Waals surface area contributed by atoms with Gasteiger partial charge in [0.2, 0.25) is 0 Å². The van der Waals surface area contributed by atoms with Gasteiger partial charge in [0.05, 0.1) is 5.39 Å². The van der Waals surface area contributed by atoms with Crippen molar-refractivity contribution in [1.29, 1.82) is 0 Å². The van der Waals surface area contributed by atoms with E-state index in [0.717, 1.165) is 11.0 Å². The van der Waals surface area contributed by atoms with Gasteiger partial charge in [-0.15, -0.1) is 0 Å². The molecule has 1 unspecified atom stereocenters. The Balaban J connectivity index is 2.10. The first-order valence-corrected chi connectivity index (χ1v) is 5.41. The van der Waals surface area contributed by atoms with Crippen LogP contribution in [0.4, 0.5) is 0 Å². The highest BCUT2D eigenvalue weighted by atomic mass is 16.5. The Kier molecular flexibility index (Phi) is 3.10. The van der Waals surface area contributed by atoms with E-state index < -0.39 is 0 Å². The fourth-order valence-electron chi connectivity index (χ4n) is 1.33. The summed E-state index contributed by atoms with van der Waals surface area (Å²) in [6, 6.07) is 7.61. The normalized spacial score (nSPS) is 13.2. The van der Waals surface area contributed by atoms with Crippen LogP contribution in [0.1, 0.15) is 13.8 Å². The molecule has 4 nitrogen and oxygen atoms in total. The van der Waals surface area contributed by atoms with Crippen LogP contribution in [0.3, 0.4) is 0 Å². The zero-order valence-corrected chi connectivity index (χ0v) is 9.51. The number of hydrogen-bond donors (Lipinski definition) is 1. The van der Waals surface area contributed by atoms with E-state index in [0.29, 0.717) is 18.4 Å². The second kappa shape index (κ2) is 4.53. The van der Waals surface area contributed by atoms with Gasteiger partial charge in [0.1, 0.15) is 6.61 Å². The van der Waals surface area contributed by atoms with Gasteiger partial charge in [-0.05, 0) is 23.2 Å². The van der Waals surface area contributed by atoms with Crippen molar-refractivity contribution in [2.45, 2.75) is 19.9 Å². The summed E-state index contributed by atoms with van der Waals surface area (Å²) in [5.41, 5.74) is 6.63. The number of para-hydroxylation sites is 1. The predicted octanol–water partition coefficient (Wildman–Crippen LogP) is 2.19. The fraction of sp³-hybridized carbons (Fsp3) is 0.417. The Morgan fingerprint density at radius 2 is 2.12 bits per heavy atom. The van der Waals surface area contributed by atoms with Gasteiger partial charge in [0, 0.05) is 6.04 Å². The fourth-order valence-corrected chi connectivity index (χ4v) is 1.33. The van der Waals surface area contributed by atoms with Crippen molar-refractivity contribution in [3.63, 3.8) is 0 Å². The van der Waals surface area contributed by atoms with Crippen LogP contribution in [0.5, 0.6) is 5.88 Å². The summed E-state index contributed by atoms with van der Waals surface area (Å²) in [5, 5.41) is 4.76. The van der Waals surface area contributed by atoms with E-state index >= 15 is 0 Å². The van der Waals surface area contributed by atoms with E-state index in [2.05, 4.69) is 19.0 Å². The molecule has 1 aromatic carbocycles. The lowest BCUT2D eigenvalue weighted by Gasteiger charge is -2.14. The lowest BCUT2D eigenvalue weighted by molar-refractivity contribution is 0.240. The molecule has 86 valence electrons. The molecule has 0 amide bonds. The van der Waals surface area contributed by atoms with Crippen molar-refractivity contribution in [3.05, 3.63) is 24.3 Å². The molecule has 1 heterocycles. The average Bonchev–Trinajstić information content (AvgIpc) is 2.69. The standard InChI is InChI=1S/C12H16N2O2/c1-8(2)10(13)7-15-12-9-5-3-4-6-11(9)16-14-12/h3-6,8,10H,7,13H2,1-2H3. The highest BCUT2D eigenvalue weighted by molar-refractivity contribution is 5.81. The third-order valence-electron chi connectivity index (χ3n) is 2.61. The number of rotatable bonds is 4. The lowest BCUT2D eigenvalue weighted by atomic mass is 10.1. The van der Waals surface area contributed by atoms with E-state index in [9.17, 15) is 0 Å². The quantitative estimate of drug-likeness (QED) is 0.858. The van der Waals surface area contributed by atoms with Gasteiger partial charge in [-0.1, -0.05) is 26.0 Å². The Morgan fingerprint density at radius 1 is 1.38 bits per heavy atom. The van der Waals surface area contributed by atoms with Crippen molar-refractivity contribution in [1.82, 2.24) is 5.16 Å². The monoisotopic (exact) mass is 220 g/mol. The summed E-state index contributed by atoms with van der Waals surface area (Å²) in [6.07, 6.45) is 0. The van der Waals surface area contributed by atoms with Gasteiger partial charge in [-0.2, -0.15) is 0 Å². The number of ether oxygens (including phenoxy) is 1. The summed E-state index contributed by atoms with van der Waals surface area (Å²) in [6.45, 7) is 4.58. The maximum atomic E-state index is 5.89. The summed E-state index contributed by atoms with van der Waals surface area (Å²) in [4.78, 5) is 0. The number of aromatic nitrogens is 1. The van der Waals surface area contributed by atoms with Crippen molar-refractivity contribution in [2.75, 3.05) is 6.61 Å². The molecular formula is C12H16N2O2. The van der Waals surface area contributed by atoms with Gasteiger partial charge >= 0.3 is 0 Å². The van der Waals surface area contributed by atoms with E-state index in [1.807, 2.05) is 24.3 Å². The van der Waals surface area contributed by atoms with Crippen LogP contribution in [0, 0.1) is 5.92 Å². The predicted molar refractivity (Wildman–Crippen MR) is 62.3 cm³/mol. The minimum Gasteiger partial charge on any atom is -0.473 e. The molecule has 0 bridgehead atoms. The van der Waals surface area contributed by atoms with E-state index in [-0.39, 0.29) is 6.04 Å². The second-order valence-electron chi connectivity index (χ2n) is 4.20. The van der Waals surface area contributed by atoms with Gasteiger partial charge in [0.25, 0.3) is 5.88 Å². The van der Waals surface area contributed by atoms with Crippen molar-refractivity contribution >= 4 is 11.0 Å².